The number of rotatable bonds is 2. The average Bonchev–Trinajstić information content (AvgIpc) is 3.18. The number of hydrogen-bond acceptors (Lipinski definition) is 6. The van der Waals surface area contributed by atoms with E-state index in [0.717, 1.165) is 36.7 Å². The largest absolute Gasteiger partial charge is 0.378 e. The van der Waals surface area contributed by atoms with Gasteiger partial charge in [-0.25, -0.2) is 9.97 Å². The second-order valence-electron chi connectivity index (χ2n) is 7.90. The van der Waals surface area contributed by atoms with Crippen LogP contribution in [0.25, 0.3) is 0 Å². The quantitative estimate of drug-likeness (QED) is 0.751. The number of fused-ring (bicyclic) bond motifs is 2. The Kier molecular flexibility index (Phi) is 4.89. The monoisotopic (exact) mass is 414 g/mol. The first kappa shape index (κ1) is 18.8. The molecular formula is C21H23ClN4O3. The zero-order valence-electron chi connectivity index (χ0n) is 16.1. The second kappa shape index (κ2) is 7.55. The summed E-state index contributed by atoms with van der Waals surface area (Å²) in [4.78, 5) is 26.6. The molecule has 2 saturated heterocycles. The molecular weight excluding hydrogens is 392 g/mol. The van der Waals surface area contributed by atoms with E-state index in [2.05, 4.69) is 9.88 Å². The fourth-order valence-electron chi connectivity index (χ4n) is 4.46. The molecule has 1 amide bonds. The lowest BCUT2D eigenvalue weighted by atomic mass is 9.80. The van der Waals surface area contributed by atoms with Gasteiger partial charge in [0.1, 0.15) is 0 Å². The Morgan fingerprint density at radius 1 is 1.17 bits per heavy atom. The number of halogens is 1. The molecule has 0 aliphatic carbocycles. The molecule has 1 aromatic carbocycles. The first-order valence-electron chi connectivity index (χ1n) is 9.96. The van der Waals surface area contributed by atoms with Crippen molar-refractivity contribution in [3.05, 3.63) is 52.3 Å². The lowest BCUT2D eigenvalue weighted by Crippen LogP contribution is -2.43. The molecule has 7 nitrogen and oxygen atoms in total. The van der Waals surface area contributed by atoms with Crippen LogP contribution in [0, 0.1) is 0 Å². The van der Waals surface area contributed by atoms with Crippen molar-refractivity contribution >= 4 is 23.5 Å². The van der Waals surface area contributed by atoms with Gasteiger partial charge in [0.05, 0.1) is 37.5 Å². The van der Waals surface area contributed by atoms with Crippen molar-refractivity contribution in [3.8, 4) is 0 Å². The van der Waals surface area contributed by atoms with Gasteiger partial charge in [-0.15, -0.1) is 0 Å². The molecule has 0 N–H and O–H groups in total. The first-order valence-corrected chi connectivity index (χ1v) is 10.3. The van der Waals surface area contributed by atoms with Crippen molar-refractivity contribution in [1.82, 2.24) is 14.9 Å². The van der Waals surface area contributed by atoms with Gasteiger partial charge in [-0.05, 0) is 24.6 Å². The lowest BCUT2D eigenvalue weighted by Gasteiger charge is -2.35. The van der Waals surface area contributed by atoms with Crippen molar-refractivity contribution < 1.29 is 14.3 Å². The zero-order chi connectivity index (χ0) is 19.8. The van der Waals surface area contributed by atoms with Gasteiger partial charge in [0, 0.05) is 48.5 Å². The Bertz CT molecular complexity index is 934. The standard InChI is InChI=1S/C21H23ClN4O3/c22-17-3-1-2-15(10-17)19(27)26-5-4-21(13-26)14-29-12-16-11-23-20(24-18(16)21)25-6-8-28-9-7-25/h1-3,10-11H,4-9,12-14H2. The smallest absolute Gasteiger partial charge is 0.253 e. The predicted molar refractivity (Wildman–Crippen MR) is 108 cm³/mol. The summed E-state index contributed by atoms with van der Waals surface area (Å²) >= 11 is 6.07. The third kappa shape index (κ3) is 3.47. The van der Waals surface area contributed by atoms with E-state index in [9.17, 15) is 4.79 Å². The van der Waals surface area contributed by atoms with E-state index in [4.69, 9.17) is 26.1 Å². The third-order valence-corrected chi connectivity index (χ3v) is 6.23. The highest BCUT2D eigenvalue weighted by molar-refractivity contribution is 6.30. The molecule has 2 fully saturated rings. The predicted octanol–water partition coefficient (Wildman–Crippen LogP) is 2.28. The Morgan fingerprint density at radius 2 is 2.03 bits per heavy atom. The van der Waals surface area contributed by atoms with E-state index in [1.807, 2.05) is 23.2 Å². The van der Waals surface area contributed by atoms with Gasteiger partial charge in [0.15, 0.2) is 0 Å². The van der Waals surface area contributed by atoms with E-state index in [1.54, 1.807) is 12.1 Å². The summed E-state index contributed by atoms with van der Waals surface area (Å²) in [5, 5.41) is 0.569. The van der Waals surface area contributed by atoms with E-state index < -0.39 is 0 Å². The molecule has 1 aromatic heterocycles. The summed E-state index contributed by atoms with van der Waals surface area (Å²) in [6.45, 7) is 5.31. The normalized spacial score (nSPS) is 24.0. The van der Waals surface area contributed by atoms with Crippen LogP contribution >= 0.6 is 11.6 Å². The summed E-state index contributed by atoms with van der Waals surface area (Å²) in [6.07, 6.45) is 2.71. The number of carbonyl (C=O) groups excluding carboxylic acids is 1. The molecule has 29 heavy (non-hydrogen) atoms. The second-order valence-corrected chi connectivity index (χ2v) is 8.34. The maximum absolute atomic E-state index is 13.0. The number of ether oxygens (including phenoxy) is 2. The van der Waals surface area contributed by atoms with E-state index in [-0.39, 0.29) is 11.3 Å². The lowest BCUT2D eigenvalue weighted by molar-refractivity contribution is 0.0484. The molecule has 1 unspecified atom stereocenters. The van der Waals surface area contributed by atoms with Gasteiger partial charge in [-0.1, -0.05) is 17.7 Å². The molecule has 3 aliphatic rings. The number of nitrogens with zero attached hydrogens (tertiary/aromatic N) is 4. The van der Waals surface area contributed by atoms with Crippen LogP contribution in [0.4, 0.5) is 5.95 Å². The van der Waals surface area contributed by atoms with E-state index in [0.29, 0.717) is 50.1 Å². The molecule has 3 aliphatic heterocycles. The van der Waals surface area contributed by atoms with Crippen molar-refractivity contribution in [2.45, 2.75) is 18.4 Å². The molecule has 1 atom stereocenters. The van der Waals surface area contributed by atoms with E-state index >= 15 is 0 Å². The van der Waals surface area contributed by atoms with Crippen LogP contribution in [0.1, 0.15) is 28.0 Å². The minimum absolute atomic E-state index is 0.000965. The summed E-state index contributed by atoms with van der Waals surface area (Å²) < 4.78 is 11.3. The third-order valence-electron chi connectivity index (χ3n) is 6.00. The molecule has 0 saturated carbocycles. The Labute approximate surface area is 174 Å². The summed E-state index contributed by atoms with van der Waals surface area (Å²) in [5.41, 5.74) is 2.38. The number of likely N-dealkylation sites (tertiary alicyclic amines) is 1. The van der Waals surface area contributed by atoms with E-state index in [1.165, 1.54) is 0 Å². The molecule has 0 bridgehead atoms. The summed E-state index contributed by atoms with van der Waals surface area (Å²) in [5.74, 6) is 0.743. The number of carbonyl (C=O) groups is 1. The van der Waals surface area contributed by atoms with Crippen molar-refractivity contribution in [2.75, 3.05) is 50.9 Å². The Morgan fingerprint density at radius 3 is 2.86 bits per heavy atom. The number of anilines is 1. The molecule has 1 spiro atoms. The maximum atomic E-state index is 13.0. The first-order chi connectivity index (χ1) is 14.1. The van der Waals surface area contributed by atoms with Gasteiger partial charge in [0.25, 0.3) is 5.91 Å². The minimum Gasteiger partial charge on any atom is -0.378 e. The van der Waals surface area contributed by atoms with Gasteiger partial charge in [-0.3, -0.25) is 4.79 Å². The van der Waals surface area contributed by atoms with Gasteiger partial charge in [-0.2, -0.15) is 0 Å². The summed E-state index contributed by atoms with van der Waals surface area (Å²) in [6, 6.07) is 7.11. The summed E-state index contributed by atoms with van der Waals surface area (Å²) in [7, 11) is 0. The number of amides is 1. The molecule has 4 heterocycles. The van der Waals surface area contributed by atoms with Crippen LogP contribution < -0.4 is 4.90 Å². The van der Waals surface area contributed by atoms with Gasteiger partial charge >= 0.3 is 0 Å². The highest BCUT2D eigenvalue weighted by Gasteiger charge is 2.46. The van der Waals surface area contributed by atoms with Gasteiger partial charge < -0.3 is 19.3 Å². The molecule has 0 radical (unpaired) electrons. The van der Waals surface area contributed by atoms with Crippen LogP contribution in [0.2, 0.25) is 5.02 Å². The Balaban J connectivity index is 1.43. The zero-order valence-corrected chi connectivity index (χ0v) is 16.9. The Hall–Kier alpha value is -2.22. The van der Waals surface area contributed by atoms with Crippen molar-refractivity contribution in [3.63, 3.8) is 0 Å². The highest BCUT2D eigenvalue weighted by Crippen LogP contribution is 2.40. The van der Waals surface area contributed by atoms with Crippen LogP contribution in [-0.2, 0) is 21.5 Å². The molecule has 8 heteroatoms. The van der Waals surface area contributed by atoms with Crippen molar-refractivity contribution in [2.24, 2.45) is 0 Å². The van der Waals surface area contributed by atoms with Gasteiger partial charge in [0.2, 0.25) is 5.95 Å². The number of benzene rings is 1. The number of hydrogen-bond donors (Lipinski definition) is 0. The fraction of sp³-hybridized carbons (Fsp3) is 0.476. The minimum atomic E-state index is -0.286. The van der Waals surface area contributed by atoms with Crippen molar-refractivity contribution in [1.29, 1.82) is 0 Å². The number of morpholine rings is 1. The topological polar surface area (TPSA) is 67.8 Å². The van der Waals surface area contributed by atoms with Crippen LogP contribution in [-0.4, -0.2) is 66.8 Å². The SMILES string of the molecule is O=C(c1cccc(Cl)c1)N1CCC2(COCc3cnc(N4CCOCC4)nc32)C1. The average molecular weight is 415 g/mol. The number of aromatic nitrogens is 2. The highest BCUT2D eigenvalue weighted by atomic mass is 35.5. The molecule has 5 rings (SSSR count). The van der Waals surface area contributed by atoms with Crippen LogP contribution in [0.3, 0.4) is 0 Å². The van der Waals surface area contributed by atoms with Crippen LogP contribution in [0.15, 0.2) is 30.5 Å². The molecule has 152 valence electrons. The fourth-order valence-corrected chi connectivity index (χ4v) is 4.65. The molecule has 2 aromatic rings. The maximum Gasteiger partial charge on any atom is 0.253 e. The van der Waals surface area contributed by atoms with Crippen LogP contribution in [0.5, 0.6) is 0 Å².